The number of morpholine rings is 1. The van der Waals surface area contributed by atoms with Gasteiger partial charge in [-0.1, -0.05) is 20.8 Å². The molecule has 0 radical (unpaired) electrons. The third-order valence-corrected chi connectivity index (χ3v) is 5.26. The summed E-state index contributed by atoms with van der Waals surface area (Å²) in [4.78, 5) is 2.70. The number of nitrogens with zero attached hydrogens (tertiary/aromatic N) is 1. The van der Waals surface area contributed by atoms with Crippen LogP contribution in [0.5, 0.6) is 0 Å². The molecule has 3 nitrogen and oxygen atoms in total. The van der Waals surface area contributed by atoms with Crippen LogP contribution in [0.15, 0.2) is 0 Å². The maximum Gasteiger partial charge on any atom is 0.0619 e. The highest BCUT2D eigenvalue weighted by atomic mass is 16.5. The van der Waals surface area contributed by atoms with Crippen LogP contribution in [0.3, 0.4) is 0 Å². The molecule has 0 aromatic heterocycles. The predicted molar refractivity (Wildman–Crippen MR) is 80.4 cm³/mol. The standard InChI is InChI=1S/C16H32N2O/c1-12-11-19-9-8-18(12)15-10-13(16(2,3)4)6-7-14(15)17-5/h12-15,17H,6-11H2,1-5H3. The van der Waals surface area contributed by atoms with Crippen molar-refractivity contribution in [2.45, 2.75) is 65.1 Å². The Kier molecular flexibility index (Phi) is 4.91. The lowest BCUT2D eigenvalue weighted by Crippen LogP contribution is -2.59. The molecule has 4 unspecified atom stereocenters. The van der Waals surface area contributed by atoms with Gasteiger partial charge in [-0.3, -0.25) is 4.90 Å². The van der Waals surface area contributed by atoms with Gasteiger partial charge in [-0.2, -0.15) is 0 Å². The zero-order valence-corrected chi connectivity index (χ0v) is 13.4. The number of nitrogens with one attached hydrogen (secondary N) is 1. The van der Waals surface area contributed by atoms with E-state index in [0.29, 0.717) is 23.5 Å². The molecular formula is C16H32N2O. The summed E-state index contributed by atoms with van der Waals surface area (Å²) in [5, 5.41) is 3.56. The zero-order chi connectivity index (χ0) is 14.0. The van der Waals surface area contributed by atoms with Crippen molar-refractivity contribution < 1.29 is 4.74 Å². The fraction of sp³-hybridized carbons (Fsp3) is 1.00. The van der Waals surface area contributed by atoms with Crippen molar-refractivity contribution in [1.82, 2.24) is 10.2 Å². The molecule has 2 fully saturated rings. The highest BCUT2D eigenvalue weighted by Crippen LogP contribution is 2.40. The van der Waals surface area contributed by atoms with E-state index in [1.807, 2.05) is 0 Å². The molecule has 1 N–H and O–H groups in total. The first kappa shape index (κ1) is 15.3. The van der Waals surface area contributed by atoms with Crippen LogP contribution >= 0.6 is 0 Å². The molecule has 19 heavy (non-hydrogen) atoms. The van der Waals surface area contributed by atoms with Crippen molar-refractivity contribution in [3.63, 3.8) is 0 Å². The third kappa shape index (κ3) is 3.50. The number of likely N-dealkylation sites (N-methyl/N-ethyl adjacent to an activating group) is 1. The third-order valence-electron chi connectivity index (χ3n) is 5.26. The van der Waals surface area contributed by atoms with Gasteiger partial charge in [-0.25, -0.2) is 0 Å². The highest BCUT2D eigenvalue weighted by molar-refractivity contribution is 4.95. The minimum atomic E-state index is 0.437. The van der Waals surface area contributed by atoms with Crippen LogP contribution in [0.25, 0.3) is 0 Å². The molecule has 112 valence electrons. The van der Waals surface area contributed by atoms with Crippen molar-refractivity contribution in [3.8, 4) is 0 Å². The van der Waals surface area contributed by atoms with Crippen molar-refractivity contribution in [2.75, 3.05) is 26.8 Å². The second-order valence-corrected chi connectivity index (χ2v) is 7.50. The Morgan fingerprint density at radius 3 is 2.53 bits per heavy atom. The van der Waals surface area contributed by atoms with E-state index in [0.717, 1.165) is 25.7 Å². The average Bonchev–Trinajstić information content (AvgIpc) is 2.37. The van der Waals surface area contributed by atoms with Gasteiger partial charge in [0.05, 0.1) is 13.2 Å². The summed E-state index contributed by atoms with van der Waals surface area (Å²) in [6.07, 6.45) is 4.01. The van der Waals surface area contributed by atoms with Gasteiger partial charge in [0.2, 0.25) is 0 Å². The Labute approximate surface area is 119 Å². The molecule has 0 spiro atoms. The van der Waals surface area contributed by atoms with Crippen LogP contribution in [0, 0.1) is 11.3 Å². The number of ether oxygens (including phenoxy) is 1. The van der Waals surface area contributed by atoms with E-state index in [1.54, 1.807) is 0 Å². The first-order valence-electron chi connectivity index (χ1n) is 7.94. The quantitative estimate of drug-likeness (QED) is 0.833. The van der Waals surface area contributed by atoms with Gasteiger partial charge in [0.15, 0.2) is 0 Å². The molecule has 0 bridgehead atoms. The van der Waals surface area contributed by atoms with Gasteiger partial charge in [0, 0.05) is 24.7 Å². The summed E-state index contributed by atoms with van der Waals surface area (Å²) in [6, 6.07) is 1.90. The molecule has 1 aliphatic heterocycles. The Hall–Kier alpha value is -0.120. The molecule has 1 aliphatic carbocycles. The average molecular weight is 268 g/mol. The molecule has 1 heterocycles. The van der Waals surface area contributed by atoms with E-state index in [4.69, 9.17) is 4.74 Å². The Morgan fingerprint density at radius 1 is 1.21 bits per heavy atom. The van der Waals surface area contributed by atoms with Crippen LogP contribution in [0.4, 0.5) is 0 Å². The Morgan fingerprint density at radius 2 is 1.95 bits per heavy atom. The number of hydrogen-bond acceptors (Lipinski definition) is 3. The molecule has 0 aromatic rings. The summed E-state index contributed by atoms with van der Waals surface area (Å²) in [7, 11) is 2.13. The normalized spacial score (nSPS) is 38.4. The van der Waals surface area contributed by atoms with Crippen molar-refractivity contribution in [1.29, 1.82) is 0 Å². The number of hydrogen-bond donors (Lipinski definition) is 1. The first-order chi connectivity index (χ1) is 8.93. The first-order valence-corrected chi connectivity index (χ1v) is 7.94. The summed E-state index contributed by atoms with van der Waals surface area (Å²) >= 11 is 0. The second kappa shape index (κ2) is 6.11. The van der Waals surface area contributed by atoms with Crippen LogP contribution < -0.4 is 5.32 Å². The van der Waals surface area contributed by atoms with E-state index in [-0.39, 0.29) is 0 Å². The molecule has 2 rings (SSSR count). The maximum absolute atomic E-state index is 5.60. The molecule has 0 amide bonds. The summed E-state index contributed by atoms with van der Waals surface area (Å²) in [6.45, 7) is 12.4. The van der Waals surface area contributed by atoms with Gasteiger partial charge >= 0.3 is 0 Å². The lowest BCUT2D eigenvalue weighted by atomic mass is 9.69. The van der Waals surface area contributed by atoms with E-state index in [2.05, 4.69) is 45.0 Å². The van der Waals surface area contributed by atoms with Crippen molar-refractivity contribution in [2.24, 2.45) is 11.3 Å². The topological polar surface area (TPSA) is 24.5 Å². The van der Waals surface area contributed by atoms with Gasteiger partial charge in [-0.05, 0) is 44.6 Å². The van der Waals surface area contributed by atoms with E-state index < -0.39 is 0 Å². The van der Waals surface area contributed by atoms with Gasteiger partial charge in [0.25, 0.3) is 0 Å². The summed E-state index contributed by atoms with van der Waals surface area (Å²) in [5.74, 6) is 0.845. The summed E-state index contributed by atoms with van der Waals surface area (Å²) in [5.41, 5.74) is 0.437. The predicted octanol–water partition coefficient (Wildman–Crippen LogP) is 2.51. The molecule has 1 saturated heterocycles. The van der Waals surface area contributed by atoms with Crippen LogP contribution in [0.1, 0.15) is 47.0 Å². The zero-order valence-electron chi connectivity index (χ0n) is 13.4. The largest absolute Gasteiger partial charge is 0.379 e. The fourth-order valence-electron chi connectivity index (χ4n) is 3.87. The molecule has 3 heteroatoms. The van der Waals surface area contributed by atoms with Gasteiger partial charge < -0.3 is 10.1 Å². The molecule has 0 aromatic carbocycles. The minimum absolute atomic E-state index is 0.437. The van der Waals surface area contributed by atoms with Gasteiger partial charge in [-0.15, -0.1) is 0 Å². The molecule has 1 saturated carbocycles. The Bertz CT molecular complexity index is 287. The van der Waals surface area contributed by atoms with Gasteiger partial charge in [0.1, 0.15) is 0 Å². The molecule has 4 atom stereocenters. The van der Waals surface area contributed by atoms with E-state index >= 15 is 0 Å². The van der Waals surface area contributed by atoms with Crippen molar-refractivity contribution >= 4 is 0 Å². The van der Waals surface area contributed by atoms with Crippen molar-refractivity contribution in [3.05, 3.63) is 0 Å². The van der Waals surface area contributed by atoms with E-state index in [9.17, 15) is 0 Å². The fourth-order valence-corrected chi connectivity index (χ4v) is 3.87. The Balaban J connectivity index is 2.09. The molecule has 2 aliphatic rings. The highest BCUT2D eigenvalue weighted by Gasteiger charge is 2.39. The van der Waals surface area contributed by atoms with Crippen LogP contribution in [-0.2, 0) is 4.74 Å². The lowest BCUT2D eigenvalue weighted by molar-refractivity contribution is -0.0483. The SMILES string of the molecule is CNC1CCC(C(C)(C)C)CC1N1CCOCC1C. The maximum atomic E-state index is 5.60. The minimum Gasteiger partial charge on any atom is -0.379 e. The molecular weight excluding hydrogens is 236 g/mol. The monoisotopic (exact) mass is 268 g/mol. The number of rotatable bonds is 2. The van der Waals surface area contributed by atoms with Crippen LogP contribution in [-0.4, -0.2) is 49.8 Å². The smallest absolute Gasteiger partial charge is 0.0619 e. The van der Waals surface area contributed by atoms with Crippen LogP contribution in [0.2, 0.25) is 0 Å². The van der Waals surface area contributed by atoms with E-state index in [1.165, 1.54) is 19.3 Å². The second-order valence-electron chi connectivity index (χ2n) is 7.50. The summed E-state index contributed by atoms with van der Waals surface area (Å²) < 4.78 is 5.60. The lowest BCUT2D eigenvalue weighted by Gasteiger charge is -2.49.